The molecule has 0 aromatic carbocycles. The Bertz CT molecular complexity index is 2500. The van der Waals surface area contributed by atoms with Crippen molar-refractivity contribution in [2.75, 3.05) is 166 Å². The summed E-state index contributed by atoms with van der Waals surface area (Å²) in [6.45, 7) is 112. The zero-order valence-corrected chi connectivity index (χ0v) is 97.9. The summed E-state index contributed by atoms with van der Waals surface area (Å²) in [6.07, 6.45) is 9.62. The fourth-order valence-corrected chi connectivity index (χ4v) is 22.6. The van der Waals surface area contributed by atoms with Crippen molar-refractivity contribution in [3.63, 3.8) is 0 Å². The minimum atomic E-state index is -0.204. The van der Waals surface area contributed by atoms with Gasteiger partial charge in [0.05, 0.1) is 24.4 Å². The van der Waals surface area contributed by atoms with Crippen LogP contribution in [0.25, 0.3) is 0 Å². The summed E-state index contributed by atoms with van der Waals surface area (Å²) in [7, 11) is 8.65. The molecule has 20 atom stereocenters. The summed E-state index contributed by atoms with van der Waals surface area (Å²) < 4.78 is 0. The maximum atomic E-state index is 9.82. The second-order valence-electron chi connectivity index (χ2n) is 51.3. The van der Waals surface area contributed by atoms with Crippen LogP contribution in [-0.4, -0.2) is 384 Å². The topological polar surface area (TPSA) is 237 Å². The van der Waals surface area contributed by atoms with Crippen molar-refractivity contribution in [3.05, 3.63) is 0 Å². The highest BCUT2D eigenvalue weighted by molar-refractivity contribution is 4.98. The molecule has 0 radical (unpaired) electrons. The average Bonchev–Trinajstić information content (AvgIpc) is 1.73. The molecule has 10 heterocycles. The Kier molecular flexibility index (Phi) is 95.5. The number of nitrogens with two attached hydrogens (primary N) is 2. The third-order valence-electron chi connectivity index (χ3n) is 30.8. The van der Waals surface area contributed by atoms with Gasteiger partial charge in [-0.15, -0.1) is 0 Å². The second kappa shape index (κ2) is 84.4. The molecule has 0 aromatic rings. The molecule has 10 saturated heterocycles. The highest BCUT2D eigenvalue weighted by Crippen LogP contribution is 2.34. The maximum Gasteiger partial charge on any atom is 0.0832 e. The molecule has 22 nitrogen and oxygen atoms in total. The molecule has 10 aliphatic heterocycles. The van der Waals surface area contributed by atoms with E-state index in [1.54, 1.807) is 0 Å². The Morgan fingerprint density at radius 1 is 0.221 bits per heavy atom. The zero-order valence-electron chi connectivity index (χ0n) is 97.9. The van der Waals surface area contributed by atoms with Crippen molar-refractivity contribution < 1.29 is 25.5 Å². The fraction of sp³-hybridized carbons (Fsp3) is 1.00. The van der Waals surface area contributed by atoms with Crippen LogP contribution in [0.2, 0.25) is 0 Å². The number of likely N-dealkylation sites (tertiary alicyclic amines) is 10. The van der Waals surface area contributed by atoms with E-state index >= 15 is 0 Å². The zero-order chi connectivity index (χ0) is 104. The van der Waals surface area contributed by atoms with Gasteiger partial charge in [-0.1, -0.05) is 213 Å². The fourth-order valence-electron chi connectivity index (χ4n) is 22.6. The first-order valence-corrected chi connectivity index (χ1v) is 56.3. The Balaban J connectivity index is -0.000000173. The molecule has 890 valence electrons. The summed E-state index contributed by atoms with van der Waals surface area (Å²) in [6, 6.07) is 10.6. The number of rotatable bonds is 34. The van der Waals surface area contributed by atoms with Crippen LogP contribution in [0, 0.1) is 101 Å². The molecule has 0 aromatic heterocycles. The number of nitrogens with zero attached hydrogens (tertiary/aromatic N) is 11. The van der Waals surface area contributed by atoms with E-state index in [0.717, 1.165) is 156 Å². The third-order valence-corrected chi connectivity index (χ3v) is 30.8. The standard InChI is InChI=1S/C13H28N2.2C12H26N2.C12H25NO.2C11H24N2.2C11H23NO.2C10H22N2O.10CH4/c1-10(2)7-12-8-15(11(3)4)9-13(12)14(5)6;2*1-9(2)6-11-7-14(10(3)4)8-12(11)13-5;1-9(2)5-11-6-13(10(3)4)7-12(11)8-14;2*1-8(2)5-10-6-13(9(3)4)7-11(10)12;2*1-8(2)5-10-6-12(9(3)4)7-11(10)13;2*1-7(2)11-9-5-12(8(3)4)6-10(9)13;;;;;;;;;;/h10-13H,7-9H2,1-6H3;2*9-13H,6-8H2,1-5H3;9-12,14H,5-8H2,1-4H3;2*8-11H,5-7,12H2,1-4H3;2*8-11,13H,5-7H2,1-4H3;2*7-11,13H,5-6H2,1-4H3;10*1H4/t12-,13+;11-,12+;2*11-,12-;10-,11+;10-,11-;10-,11+;10-,11-;9-,10+;9-,10-;;;;;;;;;;/m1111111111........../s1. The third kappa shape index (κ3) is 65.2. The molecule has 0 unspecified atom stereocenters. The van der Waals surface area contributed by atoms with Gasteiger partial charge >= 0.3 is 0 Å². The van der Waals surface area contributed by atoms with Crippen LogP contribution in [0.15, 0.2) is 0 Å². The lowest BCUT2D eigenvalue weighted by atomic mass is 9.89. The van der Waals surface area contributed by atoms with Gasteiger partial charge in [-0.25, -0.2) is 0 Å². The van der Waals surface area contributed by atoms with Crippen LogP contribution in [-0.2, 0) is 0 Å². The largest absolute Gasteiger partial charge is 0.396 e. The van der Waals surface area contributed by atoms with Crippen LogP contribution < -0.4 is 32.7 Å². The second-order valence-corrected chi connectivity index (χ2v) is 51.3. The molecule has 0 aliphatic carbocycles. The van der Waals surface area contributed by atoms with Crippen LogP contribution >= 0.6 is 0 Å². The van der Waals surface area contributed by atoms with E-state index < -0.39 is 0 Å². The molecule has 0 bridgehead atoms. The quantitative estimate of drug-likeness (QED) is 0.0287. The van der Waals surface area contributed by atoms with Crippen molar-refractivity contribution >= 4 is 0 Å². The van der Waals surface area contributed by atoms with Crippen molar-refractivity contribution in [2.45, 2.75) is 542 Å². The molecule has 0 spiro atoms. The van der Waals surface area contributed by atoms with Crippen LogP contribution in [0.3, 0.4) is 0 Å². The summed E-state index contributed by atoms with van der Waals surface area (Å²) in [5.41, 5.74) is 12.2. The van der Waals surface area contributed by atoms with E-state index in [2.05, 4.69) is 380 Å². The van der Waals surface area contributed by atoms with Crippen molar-refractivity contribution in [3.8, 4) is 0 Å². The van der Waals surface area contributed by atoms with E-state index in [1.165, 1.54) is 97.4 Å². The van der Waals surface area contributed by atoms with Crippen LogP contribution in [0.5, 0.6) is 0 Å². The minimum Gasteiger partial charge on any atom is -0.396 e. The first-order valence-electron chi connectivity index (χ1n) is 56.3. The number of hydrogen-bond donors (Lipinski definition) is 11. The van der Waals surface area contributed by atoms with Gasteiger partial charge in [0.25, 0.3) is 0 Å². The molecule has 0 saturated carbocycles. The molecule has 10 aliphatic rings. The van der Waals surface area contributed by atoms with Gasteiger partial charge in [0.15, 0.2) is 0 Å². The average molecular weight is 2080 g/mol. The molecule has 145 heavy (non-hydrogen) atoms. The molecular formula is C123H283N17O5. The molecule has 13 N–H and O–H groups in total. The van der Waals surface area contributed by atoms with E-state index in [4.69, 9.17) is 11.5 Å². The predicted molar refractivity (Wildman–Crippen MR) is 656 cm³/mol. The van der Waals surface area contributed by atoms with Crippen LogP contribution in [0.1, 0.15) is 403 Å². The van der Waals surface area contributed by atoms with E-state index in [0.29, 0.717) is 139 Å². The van der Waals surface area contributed by atoms with Gasteiger partial charge in [0.2, 0.25) is 0 Å². The van der Waals surface area contributed by atoms with Crippen LogP contribution in [0.4, 0.5) is 0 Å². The smallest absolute Gasteiger partial charge is 0.0832 e. The predicted octanol–water partition coefficient (Wildman–Crippen LogP) is 22.3. The molecular weight excluding hydrogens is 1800 g/mol. The number of β-amino-alcohol motifs (C(OH)–C–C–N with tert-alkyl or cyclic N) is 4. The van der Waals surface area contributed by atoms with Crippen molar-refractivity contribution in [1.29, 1.82) is 0 Å². The number of likely N-dealkylation sites (N-methyl/N-ethyl adjacent to an activating group) is 3. The van der Waals surface area contributed by atoms with Gasteiger partial charge in [-0.3, -0.25) is 44.1 Å². The molecule has 0 amide bonds. The number of nitrogens with one attached hydrogen (secondary N) is 4. The summed E-state index contributed by atoms with van der Waals surface area (Å²) >= 11 is 0. The normalized spacial score (nSPS) is 28.0. The number of aliphatic hydroxyl groups excluding tert-OH is 5. The highest BCUT2D eigenvalue weighted by Gasteiger charge is 2.42. The SMILES string of the molecule is C.C.C.C.C.C.C.C.C.C.CC(C)C[C@@H]1CN(C(C)C)C[C@@H]1CO.CC(C)C[C@@H]1CN(C(C)C)C[C@@H]1N.CC(C)C[C@@H]1CN(C(C)C)C[C@@H]1N(C)C.CC(C)C[C@@H]1CN(C(C)C)C[C@@H]1O.CC(C)C[C@@H]1CN(C(C)C)C[C@H]1N.CC(C)C[C@@H]1CN(C(C)C)C[C@H]1O.CC(C)N[C@@H]1CN(C(C)C)C[C@@H]1O.CC(C)N[C@@H]1CN(C(C)C)C[C@H]1O.CN[C@@H]1CN(C(C)C)C[C@H]1CC(C)C.CN[C@H]1CN(C(C)C)C[C@H]1CC(C)C. The van der Waals surface area contributed by atoms with Crippen molar-refractivity contribution in [2.24, 2.45) is 112 Å². The van der Waals surface area contributed by atoms with Gasteiger partial charge in [0.1, 0.15) is 0 Å². The number of hydrogen-bond acceptors (Lipinski definition) is 22. The first kappa shape index (κ1) is 164. The maximum absolute atomic E-state index is 9.82. The minimum absolute atomic E-state index is 0. The van der Waals surface area contributed by atoms with E-state index in [-0.39, 0.29) is 111 Å². The Morgan fingerprint density at radius 3 is 0.628 bits per heavy atom. The molecule has 10 rings (SSSR count). The lowest BCUT2D eigenvalue weighted by Gasteiger charge is -2.26. The molecule has 22 heteroatoms. The van der Waals surface area contributed by atoms with E-state index in [9.17, 15) is 25.5 Å². The summed E-state index contributed by atoms with van der Waals surface area (Å²) in [5.74, 6) is 12.4. The van der Waals surface area contributed by atoms with Crippen molar-refractivity contribution in [1.82, 2.24) is 75.2 Å². The van der Waals surface area contributed by atoms with Gasteiger partial charge in [-0.2, -0.15) is 0 Å². The highest BCUT2D eigenvalue weighted by atomic mass is 16.3. The lowest BCUT2D eigenvalue weighted by molar-refractivity contribution is 0.129. The lowest BCUT2D eigenvalue weighted by Crippen LogP contribution is -2.43. The van der Waals surface area contributed by atoms with Gasteiger partial charge in [-0.05, 0) is 319 Å². The monoisotopic (exact) mass is 2080 g/mol. The van der Waals surface area contributed by atoms with E-state index in [1.807, 2.05) is 0 Å². The number of aliphatic hydroxyl groups is 5. The summed E-state index contributed by atoms with van der Waals surface area (Å²) in [4.78, 5) is 27.1. The Hall–Kier alpha value is -0.880. The van der Waals surface area contributed by atoms with Gasteiger partial charge < -0.3 is 68.1 Å². The molecule has 10 fully saturated rings. The Morgan fingerprint density at radius 2 is 0.400 bits per heavy atom. The Labute approximate surface area is 915 Å². The first-order chi connectivity index (χ1) is 62.6. The van der Waals surface area contributed by atoms with Gasteiger partial charge in [0, 0.05) is 252 Å². The summed E-state index contributed by atoms with van der Waals surface area (Å²) in [5, 5.41) is 62.2.